The topological polar surface area (TPSA) is 113 Å². The maximum absolute atomic E-state index is 12.7. The van der Waals surface area contributed by atoms with Gasteiger partial charge in [-0.3, -0.25) is 4.79 Å². The van der Waals surface area contributed by atoms with Crippen molar-refractivity contribution < 1.29 is 9.21 Å². The van der Waals surface area contributed by atoms with Gasteiger partial charge in [0.15, 0.2) is 5.92 Å². The van der Waals surface area contributed by atoms with Crippen molar-refractivity contribution in [2.75, 3.05) is 0 Å². The number of benzene rings is 2. The molecule has 3 N–H and O–H groups in total. The second kappa shape index (κ2) is 5.90. The van der Waals surface area contributed by atoms with Gasteiger partial charge in [-0.2, -0.15) is 5.26 Å². The Morgan fingerprint density at radius 2 is 1.81 bits per heavy atom. The number of aromatic nitrogens is 1. The van der Waals surface area contributed by atoms with E-state index in [0.717, 1.165) is 5.56 Å². The van der Waals surface area contributed by atoms with Crippen LogP contribution in [0.2, 0.25) is 0 Å². The van der Waals surface area contributed by atoms with Gasteiger partial charge in [-0.15, -0.1) is 0 Å². The molecule has 0 bridgehead atoms. The predicted octanol–water partition coefficient (Wildman–Crippen LogP) is 3.03. The van der Waals surface area contributed by atoms with Crippen LogP contribution in [0.5, 0.6) is 0 Å². The van der Waals surface area contributed by atoms with Gasteiger partial charge in [0.05, 0.1) is 22.7 Å². The number of primary amides is 1. The number of amides is 1. The highest BCUT2D eigenvalue weighted by Crippen LogP contribution is 2.36. The third-order valence-electron chi connectivity index (χ3n) is 4.37. The lowest BCUT2D eigenvalue weighted by Crippen LogP contribution is -2.21. The molecular formula is C20H13N3O3. The Balaban J connectivity index is 2.22. The Morgan fingerprint density at radius 1 is 1.12 bits per heavy atom. The summed E-state index contributed by atoms with van der Waals surface area (Å²) >= 11 is 0. The lowest BCUT2D eigenvalue weighted by molar-refractivity contribution is -0.118. The smallest absolute Gasteiger partial charge is 0.346 e. The summed E-state index contributed by atoms with van der Waals surface area (Å²) in [7, 11) is 0. The fourth-order valence-electron chi connectivity index (χ4n) is 3.23. The van der Waals surface area contributed by atoms with E-state index >= 15 is 0 Å². The fourth-order valence-corrected chi connectivity index (χ4v) is 3.23. The molecule has 6 heteroatoms. The maximum Gasteiger partial charge on any atom is 0.346 e. The van der Waals surface area contributed by atoms with Gasteiger partial charge in [-0.1, -0.05) is 42.5 Å². The quantitative estimate of drug-likeness (QED) is 0.557. The van der Waals surface area contributed by atoms with Gasteiger partial charge in [0.1, 0.15) is 5.58 Å². The minimum atomic E-state index is -1.27. The van der Waals surface area contributed by atoms with Gasteiger partial charge in [0.25, 0.3) is 0 Å². The number of aromatic amines is 1. The first-order valence-corrected chi connectivity index (χ1v) is 7.93. The van der Waals surface area contributed by atoms with Crippen LogP contribution in [0, 0.1) is 11.3 Å². The Hall–Kier alpha value is -3.85. The third-order valence-corrected chi connectivity index (χ3v) is 4.37. The first-order chi connectivity index (χ1) is 12.6. The van der Waals surface area contributed by atoms with Gasteiger partial charge >= 0.3 is 5.63 Å². The molecule has 0 fully saturated rings. The van der Waals surface area contributed by atoms with E-state index in [9.17, 15) is 14.9 Å². The van der Waals surface area contributed by atoms with Crippen molar-refractivity contribution >= 4 is 27.8 Å². The molecule has 0 aliphatic carbocycles. The number of rotatable bonds is 3. The van der Waals surface area contributed by atoms with Crippen LogP contribution < -0.4 is 11.4 Å². The second-order valence-corrected chi connectivity index (χ2v) is 5.88. The van der Waals surface area contributed by atoms with Crippen LogP contribution in [0.4, 0.5) is 0 Å². The normalized spacial score (nSPS) is 12.1. The number of hydrogen-bond acceptors (Lipinski definition) is 4. The summed E-state index contributed by atoms with van der Waals surface area (Å²) in [5.74, 6) is -2.10. The maximum atomic E-state index is 12.7. The zero-order valence-electron chi connectivity index (χ0n) is 13.5. The molecule has 2 aromatic carbocycles. The number of carbonyl (C=O) groups is 1. The molecule has 0 spiro atoms. The lowest BCUT2D eigenvalue weighted by Gasteiger charge is -2.07. The monoisotopic (exact) mass is 343 g/mol. The molecule has 0 aliphatic rings. The van der Waals surface area contributed by atoms with Crippen LogP contribution in [-0.4, -0.2) is 10.9 Å². The lowest BCUT2D eigenvalue weighted by atomic mass is 9.94. The summed E-state index contributed by atoms with van der Waals surface area (Å²) in [5.41, 5.74) is 7.26. The number of para-hydroxylation sites is 1. The van der Waals surface area contributed by atoms with E-state index in [0.29, 0.717) is 22.2 Å². The molecule has 2 aromatic heterocycles. The van der Waals surface area contributed by atoms with Crippen LogP contribution >= 0.6 is 0 Å². The van der Waals surface area contributed by atoms with E-state index in [2.05, 4.69) is 4.98 Å². The molecular weight excluding hydrogens is 330 g/mol. The van der Waals surface area contributed by atoms with E-state index in [-0.39, 0.29) is 10.9 Å². The van der Waals surface area contributed by atoms with Gasteiger partial charge in [-0.05, 0) is 17.7 Å². The minimum absolute atomic E-state index is 0.174. The molecule has 0 saturated heterocycles. The molecule has 0 saturated carbocycles. The van der Waals surface area contributed by atoms with Crippen molar-refractivity contribution in [3.63, 3.8) is 0 Å². The minimum Gasteiger partial charge on any atom is -0.422 e. The van der Waals surface area contributed by atoms with Crippen LogP contribution in [0.15, 0.2) is 63.8 Å². The first-order valence-electron chi connectivity index (χ1n) is 7.93. The molecule has 126 valence electrons. The van der Waals surface area contributed by atoms with E-state index in [1.807, 2.05) is 42.5 Å². The number of carbonyl (C=O) groups excluding carboxylic acids is 1. The Morgan fingerprint density at radius 3 is 2.50 bits per heavy atom. The molecule has 4 rings (SSSR count). The number of nitrogens with zero attached hydrogens (tertiary/aromatic N) is 1. The highest BCUT2D eigenvalue weighted by molar-refractivity contribution is 6.08. The van der Waals surface area contributed by atoms with Crippen LogP contribution in [-0.2, 0) is 4.79 Å². The largest absolute Gasteiger partial charge is 0.422 e. The Bertz CT molecular complexity index is 1250. The zero-order chi connectivity index (χ0) is 18.3. The van der Waals surface area contributed by atoms with Crippen LogP contribution in [0.1, 0.15) is 11.5 Å². The number of fused-ring (bicyclic) bond motifs is 3. The standard InChI is InChI=1S/C20H13N3O3/c21-10-13(19(22)24)15-16-18(23-17(15)11-6-2-1-3-7-11)12-8-4-5-9-14(12)26-20(16)25/h1-9,13,23H,(H2,22,24). The van der Waals surface area contributed by atoms with E-state index in [4.69, 9.17) is 10.2 Å². The summed E-state index contributed by atoms with van der Waals surface area (Å²) in [6, 6.07) is 18.2. The van der Waals surface area contributed by atoms with E-state index < -0.39 is 17.5 Å². The number of hydrogen-bond donors (Lipinski definition) is 2. The van der Waals surface area contributed by atoms with Crippen molar-refractivity contribution in [2.45, 2.75) is 5.92 Å². The molecule has 0 aliphatic heterocycles. The highest BCUT2D eigenvalue weighted by Gasteiger charge is 2.29. The van der Waals surface area contributed by atoms with Crippen molar-refractivity contribution in [3.05, 3.63) is 70.6 Å². The average Bonchev–Trinajstić information content (AvgIpc) is 3.04. The molecule has 1 atom stereocenters. The van der Waals surface area contributed by atoms with Crippen LogP contribution in [0.3, 0.4) is 0 Å². The Labute approximate surface area is 147 Å². The molecule has 0 radical (unpaired) electrons. The summed E-state index contributed by atoms with van der Waals surface area (Å²) < 4.78 is 5.40. The van der Waals surface area contributed by atoms with Crippen molar-refractivity contribution in [2.24, 2.45) is 5.73 Å². The Kier molecular flexibility index (Phi) is 3.55. The summed E-state index contributed by atoms with van der Waals surface area (Å²) in [6.07, 6.45) is 0. The highest BCUT2D eigenvalue weighted by atomic mass is 16.4. The molecule has 6 nitrogen and oxygen atoms in total. The van der Waals surface area contributed by atoms with Gasteiger partial charge in [-0.25, -0.2) is 4.79 Å². The summed E-state index contributed by atoms with van der Waals surface area (Å²) in [5, 5.41) is 10.4. The van der Waals surface area contributed by atoms with Crippen molar-refractivity contribution in [1.82, 2.24) is 4.98 Å². The SMILES string of the molecule is N#CC(C(N)=O)c1c(-c2ccccc2)[nH]c2c1c(=O)oc1ccccc12. The number of H-pyrrole nitrogens is 1. The second-order valence-electron chi connectivity index (χ2n) is 5.88. The molecule has 2 heterocycles. The number of nitrogens with one attached hydrogen (secondary N) is 1. The van der Waals surface area contributed by atoms with Gasteiger partial charge < -0.3 is 15.1 Å². The number of nitriles is 1. The van der Waals surface area contributed by atoms with Gasteiger partial charge in [0.2, 0.25) is 5.91 Å². The fraction of sp³-hybridized carbons (Fsp3) is 0.0500. The van der Waals surface area contributed by atoms with Crippen molar-refractivity contribution in [1.29, 1.82) is 5.26 Å². The third kappa shape index (κ3) is 2.26. The van der Waals surface area contributed by atoms with Gasteiger partial charge in [0, 0.05) is 10.9 Å². The average molecular weight is 343 g/mol. The predicted molar refractivity (Wildman–Crippen MR) is 97.3 cm³/mol. The van der Waals surface area contributed by atoms with Crippen molar-refractivity contribution in [3.8, 4) is 17.3 Å². The zero-order valence-corrected chi connectivity index (χ0v) is 13.5. The number of nitrogens with two attached hydrogens (primary N) is 1. The molecule has 26 heavy (non-hydrogen) atoms. The molecule has 1 amide bonds. The van der Waals surface area contributed by atoms with Crippen LogP contribution in [0.25, 0.3) is 33.1 Å². The molecule has 4 aromatic rings. The van der Waals surface area contributed by atoms with E-state index in [1.54, 1.807) is 18.2 Å². The summed E-state index contributed by atoms with van der Waals surface area (Å²) in [4.78, 5) is 27.8. The molecule has 1 unspecified atom stereocenters. The van der Waals surface area contributed by atoms with E-state index in [1.165, 1.54) is 0 Å². The summed E-state index contributed by atoms with van der Waals surface area (Å²) in [6.45, 7) is 0. The first kappa shape index (κ1) is 15.7.